The van der Waals surface area contributed by atoms with Crippen molar-refractivity contribution in [2.75, 3.05) is 19.1 Å². The van der Waals surface area contributed by atoms with Gasteiger partial charge in [-0.05, 0) is 46.4 Å². The van der Waals surface area contributed by atoms with Crippen LogP contribution in [0, 0.1) is 0 Å². The van der Waals surface area contributed by atoms with E-state index in [0.29, 0.717) is 11.6 Å². The maximum absolute atomic E-state index is 9.47. The van der Waals surface area contributed by atoms with Gasteiger partial charge in [-0.3, -0.25) is 0 Å². The van der Waals surface area contributed by atoms with E-state index in [9.17, 15) is 5.11 Å². The molecule has 0 bridgehead atoms. The minimum absolute atomic E-state index is 0.0543. The van der Waals surface area contributed by atoms with Crippen molar-refractivity contribution in [3.05, 3.63) is 102 Å². The molecular weight excluding hydrogens is 384 g/mol. The van der Waals surface area contributed by atoms with Crippen LogP contribution in [0.1, 0.15) is 23.1 Å². The van der Waals surface area contributed by atoms with Crippen molar-refractivity contribution in [2.45, 2.75) is 12.5 Å². The van der Waals surface area contributed by atoms with Crippen LogP contribution >= 0.6 is 11.6 Å². The number of aliphatic hydroxyl groups excluding tert-OH is 2. The van der Waals surface area contributed by atoms with E-state index in [1.807, 2.05) is 60.7 Å². The number of ether oxygens (including phenoxy) is 1. The van der Waals surface area contributed by atoms with Crippen molar-refractivity contribution >= 4 is 22.7 Å². The first kappa shape index (κ1) is 21.1. The van der Waals surface area contributed by atoms with Crippen LogP contribution in [0.4, 0.5) is 0 Å². The van der Waals surface area contributed by atoms with Crippen molar-refractivity contribution < 1.29 is 14.9 Å². The number of halogens is 1. The number of alkyl halides is 1. The lowest BCUT2D eigenvalue weighted by Gasteiger charge is -2.17. The third kappa shape index (κ3) is 5.70. The molecule has 0 aliphatic carbocycles. The Balaban J connectivity index is 2.04. The molecule has 4 heteroatoms. The van der Waals surface area contributed by atoms with Gasteiger partial charge in [-0.25, -0.2) is 0 Å². The fourth-order valence-electron chi connectivity index (χ4n) is 3.23. The summed E-state index contributed by atoms with van der Waals surface area (Å²) >= 11 is 6.18. The lowest BCUT2D eigenvalue weighted by molar-refractivity contribution is 0.0536. The molecule has 3 nitrogen and oxygen atoms in total. The molecule has 0 aliphatic heterocycles. The first-order chi connectivity index (χ1) is 14.2. The van der Waals surface area contributed by atoms with Crippen LogP contribution in [0.3, 0.4) is 0 Å². The molecule has 3 aromatic rings. The molecule has 29 heavy (non-hydrogen) atoms. The van der Waals surface area contributed by atoms with Gasteiger partial charge >= 0.3 is 0 Å². The lowest BCUT2D eigenvalue weighted by Crippen LogP contribution is -2.21. The Morgan fingerprint density at radius 2 is 1.34 bits per heavy atom. The summed E-state index contributed by atoms with van der Waals surface area (Å²) < 4.78 is 5.54. The Morgan fingerprint density at radius 1 is 0.793 bits per heavy atom. The first-order valence-electron chi connectivity index (χ1n) is 9.65. The highest BCUT2D eigenvalue weighted by Gasteiger charge is 2.14. The Bertz CT molecular complexity index is 906. The highest BCUT2D eigenvalue weighted by Crippen LogP contribution is 2.35. The molecule has 0 saturated heterocycles. The molecule has 1 unspecified atom stereocenters. The molecule has 0 amide bonds. The third-order valence-corrected chi connectivity index (χ3v) is 4.82. The van der Waals surface area contributed by atoms with Crippen LogP contribution in [-0.4, -0.2) is 35.4 Å². The van der Waals surface area contributed by atoms with Crippen molar-refractivity contribution in [1.82, 2.24) is 0 Å². The maximum Gasteiger partial charge on any atom is 0.119 e. The van der Waals surface area contributed by atoms with E-state index in [1.165, 1.54) is 5.57 Å². The average molecular weight is 409 g/mol. The predicted octanol–water partition coefficient (Wildman–Crippen LogP) is 5.01. The fraction of sp³-hybridized carbons (Fsp3) is 0.200. The number of benzene rings is 3. The quantitative estimate of drug-likeness (QED) is 0.386. The number of aliphatic hydroxyl groups is 2. The molecule has 2 N–H and O–H groups in total. The zero-order chi connectivity index (χ0) is 20.5. The summed E-state index contributed by atoms with van der Waals surface area (Å²) in [5.41, 5.74) is 5.67. The van der Waals surface area contributed by atoms with E-state index in [1.54, 1.807) is 0 Å². The molecule has 0 heterocycles. The summed E-state index contributed by atoms with van der Waals surface area (Å²) in [6.45, 7) is -0.267. The van der Waals surface area contributed by atoms with Crippen LogP contribution in [0.2, 0.25) is 0 Å². The lowest BCUT2D eigenvalue weighted by atomic mass is 9.88. The number of allylic oxidation sites excluding steroid dienone is 1. The summed E-state index contributed by atoms with van der Waals surface area (Å²) in [6.07, 6.45) is -0.139. The highest BCUT2D eigenvalue weighted by atomic mass is 35.5. The van der Waals surface area contributed by atoms with E-state index in [2.05, 4.69) is 24.3 Å². The van der Waals surface area contributed by atoms with Crippen LogP contribution in [0.25, 0.3) is 11.1 Å². The molecule has 1 atom stereocenters. The Hall–Kier alpha value is -2.59. The average Bonchev–Trinajstić information content (AvgIpc) is 2.79. The van der Waals surface area contributed by atoms with E-state index < -0.39 is 6.10 Å². The van der Waals surface area contributed by atoms with Gasteiger partial charge in [0.15, 0.2) is 0 Å². The third-order valence-electron chi connectivity index (χ3n) is 4.63. The molecular formula is C25H25ClO3. The topological polar surface area (TPSA) is 49.7 Å². The molecule has 3 aromatic carbocycles. The largest absolute Gasteiger partial charge is 0.491 e. The number of rotatable bonds is 9. The van der Waals surface area contributed by atoms with E-state index in [4.69, 9.17) is 21.4 Å². The van der Waals surface area contributed by atoms with Crippen molar-refractivity contribution in [2.24, 2.45) is 0 Å². The van der Waals surface area contributed by atoms with Gasteiger partial charge in [-0.15, -0.1) is 11.6 Å². The number of hydrogen-bond donors (Lipinski definition) is 2. The summed E-state index contributed by atoms with van der Waals surface area (Å²) in [7, 11) is 0. The Morgan fingerprint density at radius 3 is 1.90 bits per heavy atom. The highest BCUT2D eigenvalue weighted by molar-refractivity contribution is 6.18. The van der Waals surface area contributed by atoms with Crippen LogP contribution in [-0.2, 0) is 0 Å². The van der Waals surface area contributed by atoms with E-state index in [-0.39, 0.29) is 13.2 Å². The second-order valence-corrected chi connectivity index (χ2v) is 7.07. The summed E-state index contributed by atoms with van der Waals surface area (Å²) in [6, 6.07) is 28.4. The number of hydrogen-bond acceptors (Lipinski definition) is 3. The normalized spacial score (nSPS) is 12.9. The van der Waals surface area contributed by atoms with Gasteiger partial charge in [0, 0.05) is 5.88 Å². The molecule has 0 radical (unpaired) electrons. The van der Waals surface area contributed by atoms with Gasteiger partial charge < -0.3 is 14.9 Å². The molecule has 150 valence electrons. The van der Waals surface area contributed by atoms with Gasteiger partial charge in [0.2, 0.25) is 0 Å². The van der Waals surface area contributed by atoms with Crippen molar-refractivity contribution in [3.63, 3.8) is 0 Å². The minimum Gasteiger partial charge on any atom is -0.491 e. The van der Waals surface area contributed by atoms with Gasteiger partial charge in [-0.1, -0.05) is 72.8 Å². The standard InChI is InChI=1S/C25H25ClO3/c26-16-15-24(19-7-3-1-4-8-19)25(20-9-5-2-6-10-20)21-11-13-23(14-12-21)29-18-22(28)17-27/h1-14,22,27-28H,15-18H2/b25-24+. The predicted molar refractivity (Wildman–Crippen MR) is 119 cm³/mol. The SMILES string of the molecule is OCC(O)COc1ccc(/C(=C(\CCCl)c2ccccc2)c2ccccc2)cc1. The molecule has 0 saturated carbocycles. The molecule has 0 aromatic heterocycles. The van der Waals surface area contributed by atoms with E-state index in [0.717, 1.165) is 28.7 Å². The summed E-state index contributed by atoms with van der Waals surface area (Å²) in [5, 5.41) is 18.4. The minimum atomic E-state index is -0.886. The van der Waals surface area contributed by atoms with Gasteiger partial charge in [-0.2, -0.15) is 0 Å². The van der Waals surface area contributed by atoms with Crippen molar-refractivity contribution in [1.29, 1.82) is 0 Å². The Labute approximate surface area is 176 Å². The van der Waals surface area contributed by atoms with E-state index >= 15 is 0 Å². The Kier molecular flexibility index (Phi) is 7.88. The zero-order valence-corrected chi connectivity index (χ0v) is 16.9. The molecule has 0 aliphatic rings. The van der Waals surface area contributed by atoms with Gasteiger partial charge in [0.05, 0.1) is 6.61 Å². The summed E-state index contributed by atoms with van der Waals surface area (Å²) in [4.78, 5) is 0. The van der Waals surface area contributed by atoms with Gasteiger partial charge in [0.1, 0.15) is 18.5 Å². The fourth-order valence-corrected chi connectivity index (χ4v) is 3.42. The van der Waals surface area contributed by atoms with Crippen LogP contribution < -0.4 is 4.74 Å². The first-order valence-corrected chi connectivity index (χ1v) is 10.2. The monoisotopic (exact) mass is 408 g/mol. The van der Waals surface area contributed by atoms with Crippen LogP contribution in [0.5, 0.6) is 5.75 Å². The van der Waals surface area contributed by atoms with Crippen molar-refractivity contribution in [3.8, 4) is 5.75 Å². The maximum atomic E-state index is 9.47. The molecule has 0 fully saturated rings. The summed E-state index contributed by atoms with van der Waals surface area (Å²) in [5.74, 6) is 1.17. The second-order valence-electron chi connectivity index (χ2n) is 6.70. The van der Waals surface area contributed by atoms with Crippen LogP contribution in [0.15, 0.2) is 84.9 Å². The smallest absolute Gasteiger partial charge is 0.119 e. The zero-order valence-electron chi connectivity index (χ0n) is 16.2. The molecule has 0 spiro atoms. The van der Waals surface area contributed by atoms with Gasteiger partial charge in [0.25, 0.3) is 0 Å². The molecule has 3 rings (SSSR count). The second kappa shape index (κ2) is 10.8.